The maximum Gasteiger partial charge on any atom is 0.223 e. The molecule has 2 aliphatic carbocycles. The van der Waals surface area contributed by atoms with Crippen molar-refractivity contribution in [2.45, 2.75) is 25.9 Å². The van der Waals surface area contributed by atoms with Crippen LogP contribution in [0.3, 0.4) is 0 Å². The average molecular weight is 461 g/mol. The van der Waals surface area contributed by atoms with Crippen molar-refractivity contribution in [3.63, 3.8) is 0 Å². The van der Waals surface area contributed by atoms with Crippen molar-refractivity contribution in [2.75, 3.05) is 5.73 Å². The normalized spacial score (nSPS) is 24.3. The van der Waals surface area contributed by atoms with E-state index in [2.05, 4.69) is 60.3 Å². The van der Waals surface area contributed by atoms with E-state index in [0.29, 0.717) is 11.6 Å². The standard InChI is InChI=1S/C29H24N4O2/c1-15-11-14-23-25(20-8-4-6-10-22(20)34-23)24(15)28-31-27(32-29(30)33-28)17-12-13-19-18-7-3-5-9-21(18)35-26(19)16(17)2/h3-16,24,26H,1-2H3,(H2,30,31,32,33). The molecule has 6 heteroatoms. The average Bonchev–Trinajstić information content (AvgIpc) is 3.43. The maximum absolute atomic E-state index is 6.32. The molecule has 7 rings (SSSR count). The number of fused-ring (bicyclic) bond motifs is 6. The number of nitrogen functional groups attached to an aromatic ring is 1. The molecule has 2 aromatic heterocycles. The molecule has 172 valence electrons. The predicted octanol–water partition coefficient (Wildman–Crippen LogP) is 5.87. The first-order valence-electron chi connectivity index (χ1n) is 12.0. The lowest BCUT2D eigenvalue weighted by Crippen LogP contribution is -2.27. The summed E-state index contributed by atoms with van der Waals surface area (Å²) in [5.74, 6) is 3.41. The number of benzene rings is 2. The largest absolute Gasteiger partial charge is 0.484 e. The zero-order valence-electron chi connectivity index (χ0n) is 19.5. The van der Waals surface area contributed by atoms with Crippen LogP contribution in [0.2, 0.25) is 0 Å². The summed E-state index contributed by atoms with van der Waals surface area (Å²) in [5, 5.41) is 1.08. The Labute approximate surface area is 202 Å². The van der Waals surface area contributed by atoms with E-state index >= 15 is 0 Å². The molecule has 0 saturated heterocycles. The van der Waals surface area contributed by atoms with Crippen molar-refractivity contribution in [2.24, 2.45) is 11.8 Å². The van der Waals surface area contributed by atoms with Crippen molar-refractivity contribution in [1.29, 1.82) is 0 Å². The number of furan rings is 1. The highest BCUT2D eigenvalue weighted by atomic mass is 16.5. The maximum atomic E-state index is 6.32. The Kier molecular flexibility index (Phi) is 4.27. The van der Waals surface area contributed by atoms with Gasteiger partial charge in [0, 0.05) is 33.6 Å². The molecule has 1 aliphatic heterocycles. The minimum absolute atomic E-state index is 0.0611. The van der Waals surface area contributed by atoms with Gasteiger partial charge in [-0.2, -0.15) is 9.97 Å². The number of allylic oxidation sites excluding steroid dienone is 3. The van der Waals surface area contributed by atoms with Gasteiger partial charge in [0.05, 0.1) is 5.92 Å². The molecule has 4 unspecified atom stereocenters. The second-order valence-corrected chi connectivity index (χ2v) is 9.51. The monoisotopic (exact) mass is 460 g/mol. The van der Waals surface area contributed by atoms with Crippen LogP contribution < -0.4 is 10.5 Å². The number of aromatic nitrogens is 3. The minimum atomic E-state index is -0.0831. The molecule has 6 nitrogen and oxygen atoms in total. The lowest BCUT2D eigenvalue weighted by atomic mass is 9.81. The Hall–Kier alpha value is -4.19. The molecule has 2 aromatic carbocycles. The van der Waals surface area contributed by atoms with E-state index < -0.39 is 0 Å². The first-order valence-corrected chi connectivity index (χ1v) is 12.0. The minimum Gasteiger partial charge on any atom is -0.484 e. The summed E-state index contributed by atoms with van der Waals surface area (Å²) in [5.41, 5.74) is 11.6. The number of para-hydroxylation sites is 2. The Bertz CT molecular complexity index is 1600. The summed E-state index contributed by atoms with van der Waals surface area (Å²) in [7, 11) is 0. The van der Waals surface area contributed by atoms with Crippen LogP contribution in [0.25, 0.3) is 28.2 Å². The van der Waals surface area contributed by atoms with E-state index in [-0.39, 0.29) is 29.8 Å². The van der Waals surface area contributed by atoms with E-state index in [1.165, 1.54) is 5.57 Å². The van der Waals surface area contributed by atoms with Crippen LogP contribution in [0.4, 0.5) is 5.95 Å². The molecule has 3 aliphatic rings. The van der Waals surface area contributed by atoms with Crippen molar-refractivity contribution in [1.82, 2.24) is 15.0 Å². The highest BCUT2D eigenvalue weighted by Gasteiger charge is 2.38. The summed E-state index contributed by atoms with van der Waals surface area (Å²) in [4.78, 5) is 14.2. The second-order valence-electron chi connectivity index (χ2n) is 9.51. The number of hydrogen-bond acceptors (Lipinski definition) is 6. The van der Waals surface area contributed by atoms with Crippen molar-refractivity contribution >= 4 is 34.1 Å². The molecule has 0 radical (unpaired) electrons. The first kappa shape index (κ1) is 20.2. The van der Waals surface area contributed by atoms with Gasteiger partial charge in [0.25, 0.3) is 0 Å². The lowest BCUT2D eigenvalue weighted by molar-refractivity contribution is 0.239. The van der Waals surface area contributed by atoms with E-state index in [0.717, 1.165) is 39.2 Å². The predicted molar refractivity (Wildman–Crippen MR) is 136 cm³/mol. The number of anilines is 1. The van der Waals surface area contributed by atoms with Crippen molar-refractivity contribution in [3.8, 4) is 5.75 Å². The number of nitrogens with zero attached hydrogens (tertiary/aromatic N) is 3. The van der Waals surface area contributed by atoms with E-state index in [1.807, 2.05) is 36.4 Å². The van der Waals surface area contributed by atoms with Gasteiger partial charge in [-0.25, -0.2) is 4.98 Å². The number of hydrogen-bond donors (Lipinski definition) is 1. The first-order chi connectivity index (χ1) is 17.1. The molecule has 0 fully saturated rings. The molecule has 0 amide bonds. The van der Waals surface area contributed by atoms with Crippen LogP contribution in [-0.2, 0) is 0 Å². The van der Waals surface area contributed by atoms with Gasteiger partial charge in [-0.15, -0.1) is 0 Å². The summed E-state index contributed by atoms with van der Waals surface area (Å²) < 4.78 is 12.5. The van der Waals surface area contributed by atoms with Gasteiger partial charge < -0.3 is 14.9 Å². The highest BCUT2D eigenvalue weighted by molar-refractivity contribution is 5.87. The Balaban J connectivity index is 1.34. The molecule has 0 saturated carbocycles. The fraction of sp³-hybridized carbons (Fsp3) is 0.207. The van der Waals surface area contributed by atoms with Gasteiger partial charge in [0.2, 0.25) is 5.95 Å². The van der Waals surface area contributed by atoms with Crippen LogP contribution >= 0.6 is 0 Å². The van der Waals surface area contributed by atoms with Crippen LogP contribution in [0, 0.1) is 11.8 Å². The Morgan fingerprint density at radius 1 is 0.886 bits per heavy atom. The molecule has 3 heterocycles. The fourth-order valence-electron chi connectivity index (χ4n) is 5.67. The summed E-state index contributed by atoms with van der Waals surface area (Å²) in [6, 6.07) is 16.3. The van der Waals surface area contributed by atoms with Gasteiger partial charge in [-0.3, -0.25) is 0 Å². The summed E-state index contributed by atoms with van der Waals surface area (Å²) in [6.07, 6.45) is 8.35. The van der Waals surface area contributed by atoms with Gasteiger partial charge in [-0.1, -0.05) is 68.5 Å². The Morgan fingerprint density at radius 2 is 1.69 bits per heavy atom. The van der Waals surface area contributed by atoms with E-state index in [1.54, 1.807) is 0 Å². The quantitative estimate of drug-likeness (QED) is 0.402. The highest BCUT2D eigenvalue weighted by Crippen LogP contribution is 2.47. The SMILES string of the molecule is CC1C=Cc2oc3ccccc3c2C1c1nc(N)nc(C2=CC=C3c4ccccc4OC3C2C)n1. The topological polar surface area (TPSA) is 87.1 Å². The van der Waals surface area contributed by atoms with Gasteiger partial charge >= 0.3 is 0 Å². The van der Waals surface area contributed by atoms with E-state index in [4.69, 9.17) is 19.9 Å². The third kappa shape index (κ3) is 2.99. The molecule has 4 atom stereocenters. The zero-order valence-corrected chi connectivity index (χ0v) is 19.5. The van der Waals surface area contributed by atoms with Crippen LogP contribution in [0.5, 0.6) is 5.75 Å². The molecule has 35 heavy (non-hydrogen) atoms. The number of nitrogens with two attached hydrogens (primary N) is 1. The van der Waals surface area contributed by atoms with Gasteiger partial charge in [0.1, 0.15) is 29.0 Å². The summed E-state index contributed by atoms with van der Waals surface area (Å²) >= 11 is 0. The van der Waals surface area contributed by atoms with Crippen LogP contribution in [0.1, 0.15) is 48.3 Å². The molecular formula is C29H24N4O2. The van der Waals surface area contributed by atoms with E-state index in [9.17, 15) is 0 Å². The molecule has 0 bridgehead atoms. The second kappa shape index (κ2) is 7.40. The third-order valence-corrected chi connectivity index (χ3v) is 7.40. The fourth-order valence-corrected chi connectivity index (χ4v) is 5.67. The Morgan fingerprint density at radius 3 is 2.60 bits per heavy atom. The van der Waals surface area contributed by atoms with Gasteiger partial charge in [0.15, 0.2) is 5.82 Å². The van der Waals surface area contributed by atoms with Crippen molar-refractivity contribution < 1.29 is 9.15 Å². The lowest BCUT2D eigenvalue weighted by Gasteiger charge is -2.27. The number of rotatable bonds is 2. The smallest absolute Gasteiger partial charge is 0.223 e. The van der Waals surface area contributed by atoms with Crippen LogP contribution in [-0.4, -0.2) is 21.1 Å². The van der Waals surface area contributed by atoms with Crippen LogP contribution in [0.15, 0.2) is 71.2 Å². The number of ether oxygens (including phenoxy) is 1. The molecule has 2 N–H and O–H groups in total. The third-order valence-electron chi connectivity index (χ3n) is 7.40. The van der Waals surface area contributed by atoms with Crippen molar-refractivity contribution in [3.05, 3.63) is 95.3 Å². The molecular weight excluding hydrogens is 436 g/mol. The zero-order chi connectivity index (χ0) is 23.7. The van der Waals surface area contributed by atoms with Gasteiger partial charge in [-0.05, 0) is 24.1 Å². The molecule has 0 spiro atoms. The summed E-state index contributed by atoms with van der Waals surface area (Å²) in [6.45, 7) is 4.33. The molecule has 4 aromatic rings.